The minimum Gasteiger partial charge on any atom is -0.394 e. The van der Waals surface area contributed by atoms with Crippen molar-refractivity contribution in [3.63, 3.8) is 0 Å². The summed E-state index contributed by atoms with van der Waals surface area (Å²) in [5, 5.41) is 15.6. The van der Waals surface area contributed by atoms with Gasteiger partial charge in [0.05, 0.1) is 6.61 Å². The predicted molar refractivity (Wildman–Crippen MR) is 89.5 cm³/mol. The van der Waals surface area contributed by atoms with Gasteiger partial charge in [-0.1, -0.05) is 49.6 Å². The highest BCUT2D eigenvalue weighted by molar-refractivity contribution is 7.10. The third-order valence-electron chi connectivity index (χ3n) is 4.51. The Morgan fingerprint density at radius 1 is 1.05 bits per heavy atom. The van der Waals surface area contributed by atoms with Gasteiger partial charge in [-0.2, -0.15) is 0 Å². The molecular formula is C18H23NOS. The number of rotatable bonds is 5. The van der Waals surface area contributed by atoms with E-state index in [4.69, 9.17) is 0 Å². The fraction of sp³-hybridized carbons (Fsp3) is 0.444. The molecule has 0 saturated heterocycles. The van der Waals surface area contributed by atoms with Crippen LogP contribution in [0.4, 0.5) is 0 Å². The van der Waals surface area contributed by atoms with Crippen LogP contribution < -0.4 is 5.32 Å². The van der Waals surface area contributed by atoms with Crippen molar-refractivity contribution in [1.82, 2.24) is 5.32 Å². The molecule has 1 fully saturated rings. The molecule has 1 aromatic carbocycles. The fourth-order valence-corrected chi connectivity index (χ4v) is 3.98. The van der Waals surface area contributed by atoms with Crippen LogP contribution in [-0.4, -0.2) is 17.3 Å². The Bertz CT molecular complexity index is 558. The summed E-state index contributed by atoms with van der Waals surface area (Å²) < 4.78 is 0. The molecule has 1 aliphatic rings. The van der Waals surface area contributed by atoms with E-state index in [1.54, 1.807) is 11.3 Å². The minimum absolute atomic E-state index is 0.0465. The average molecular weight is 301 g/mol. The summed E-state index contributed by atoms with van der Waals surface area (Å²) in [7, 11) is 0. The Balaban J connectivity index is 1.65. The van der Waals surface area contributed by atoms with Crippen molar-refractivity contribution >= 4 is 11.3 Å². The lowest BCUT2D eigenvalue weighted by molar-refractivity contribution is 0.120. The van der Waals surface area contributed by atoms with Gasteiger partial charge in [-0.15, -0.1) is 11.3 Å². The number of aliphatic hydroxyl groups is 1. The second kappa shape index (κ2) is 6.73. The molecule has 1 saturated carbocycles. The molecule has 112 valence electrons. The van der Waals surface area contributed by atoms with Crippen LogP contribution in [0.15, 0.2) is 41.8 Å². The zero-order chi connectivity index (χ0) is 14.5. The second-order valence-corrected chi connectivity index (χ2v) is 7.02. The van der Waals surface area contributed by atoms with E-state index in [1.165, 1.54) is 35.3 Å². The zero-order valence-electron chi connectivity index (χ0n) is 12.3. The highest BCUT2D eigenvalue weighted by Gasteiger charge is 2.30. The molecule has 0 bridgehead atoms. The van der Waals surface area contributed by atoms with Crippen molar-refractivity contribution in [2.75, 3.05) is 6.61 Å². The number of benzene rings is 1. The van der Waals surface area contributed by atoms with E-state index in [9.17, 15) is 5.11 Å². The molecule has 3 rings (SSSR count). The van der Waals surface area contributed by atoms with Crippen molar-refractivity contribution in [2.45, 2.75) is 44.2 Å². The molecule has 0 amide bonds. The highest BCUT2D eigenvalue weighted by Crippen LogP contribution is 2.30. The molecule has 2 N–H and O–H groups in total. The van der Waals surface area contributed by atoms with Gasteiger partial charge >= 0.3 is 0 Å². The van der Waals surface area contributed by atoms with Gasteiger partial charge in [0.15, 0.2) is 0 Å². The summed E-state index contributed by atoms with van der Waals surface area (Å²) in [5.41, 5.74) is 2.52. The summed E-state index contributed by atoms with van der Waals surface area (Å²) in [6.07, 6.45) is 5.96. The van der Waals surface area contributed by atoms with Gasteiger partial charge in [-0.3, -0.25) is 0 Å². The monoisotopic (exact) mass is 301 g/mol. The Labute approximate surface area is 130 Å². The van der Waals surface area contributed by atoms with Crippen LogP contribution in [0.25, 0.3) is 11.1 Å². The van der Waals surface area contributed by atoms with Crippen molar-refractivity contribution in [3.05, 3.63) is 46.7 Å². The molecule has 1 aromatic heterocycles. The first-order valence-corrected chi connectivity index (χ1v) is 8.68. The van der Waals surface area contributed by atoms with E-state index in [2.05, 4.69) is 41.0 Å². The predicted octanol–water partition coefficient (Wildman–Crippen LogP) is 4.20. The highest BCUT2D eigenvalue weighted by atomic mass is 32.1. The second-order valence-electron chi connectivity index (χ2n) is 6.02. The van der Waals surface area contributed by atoms with Gasteiger partial charge in [-0.05, 0) is 35.4 Å². The minimum atomic E-state index is -0.0465. The van der Waals surface area contributed by atoms with Crippen LogP contribution in [0.5, 0.6) is 0 Å². The molecule has 0 spiro atoms. The van der Waals surface area contributed by atoms with Gasteiger partial charge in [-0.25, -0.2) is 0 Å². The lowest BCUT2D eigenvalue weighted by atomic mass is 9.82. The van der Waals surface area contributed by atoms with Crippen LogP contribution >= 0.6 is 11.3 Å². The van der Waals surface area contributed by atoms with Crippen LogP contribution in [0.2, 0.25) is 0 Å². The Morgan fingerprint density at radius 2 is 1.81 bits per heavy atom. The maximum absolute atomic E-state index is 9.74. The Kier molecular flexibility index (Phi) is 4.73. The topological polar surface area (TPSA) is 32.3 Å². The van der Waals surface area contributed by atoms with Gasteiger partial charge < -0.3 is 10.4 Å². The molecule has 0 radical (unpaired) electrons. The van der Waals surface area contributed by atoms with E-state index in [-0.39, 0.29) is 12.1 Å². The van der Waals surface area contributed by atoms with Crippen LogP contribution in [0.1, 0.15) is 37.0 Å². The smallest absolute Gasteiger partial charge is 0.0613 e. The summed E-state index contributed by atoms with van der Waals surface area (Å²) in [6, 6.07) is 12.8. The SMILES string of the molecule is OCC1(NCc2cc(-c3ccccc3)cs2)CCCCC1. The first-order chi connectivity index (χ1) is 10.3. The molecule has 1 aliphatic carbocycles. The Hall–Kier alpha value is -1.16. The van der Waals surface area contributed by atoms with Crippen LogP contribution in [0.3, 0.4) is 0 Å². The number of aliphatic hydroxyl groups excluding tert-OH is 1. The van der Waals surface area contributed by atoms with Gasteiger partial charge in [0.2, 0.25) is 0 Å². The lowest BCUT2D eigenvalue weighted by Crippen LogP contribution is -2.49. The molecular weight excluding hydrogens is 278 g/mol. The standard InChI is InChI=1S/C18H23NOS/c20-14-18(9-5-2-6-10-18)19-12-17-11-16(13-21-17)15-7-3-1-4-8-15/h1,3-4,7-8,11,13,19-20H,2,5-6,9-10,12,14H2. The third kappa shape index (κ3) is 3.54. The molecule has 1 heterocycles. The van der Waals surface area contributed by atoms with E-state index < -0.39 is 0 Å². The van der Waals surface area contributed by atoms with Gasteiger partial charge in [0.25, 0.3) is 0 Å². The normalized spacial score (nSPS) is 17.8. The Morgan fingerprint density at radius 3 is 2.52 bits per heavy atom. The molecule has 21 heavy (non-hydrogen) atoms. The number of thiophene rings is 1. The van der Waals surface area contributed by atoms with E-state index in [0.29, 0.717) is 0 Å². The molecule has 3 heteroatoms. The maximum atomic E-state index is 9.74. The van der Waals surface area contributed by atoms with Gasteiger partial charge in [0.1, 0.15) is 0 Å². The summed E-state index contributed by atoms with van der Waals surface area (Å²) in [6.45, 7) is 1.11. The van der Waals surface area contributed by atoms with Crippen LogP contribution in [0, 0.1) is 0 Å². The summed E-state index contributed by atoms with van der Waals surface area (Å²) in [4.78, 5) is 1.34. The number of nitrogens with one attached hydrogen (secondary N) is 1. The molecule has 0 atom stereocenters. The molecule has 2 nitrogen and oxygen atoms in total. The molecule has 0 aliphatic heterocycles. The van der Waals surface area contributed by atoms with Crippen molar-refractivity contribution in [2.24, 2.45) is 0 Å². The van der Waals surface area contributed by atoms with E-state index in [1.807, 2.05) is 6.07 Å². The molecule has 0 unspecified atom stereocenters. The lowest BCUT2D eigenvalue weighted by Gasteiger charge is -2.36. The fourth-order valence-electron chi connectivity index (χ4n) is 3.15. The first kappa shape index (κ1) is 14.8. The van der Waals surface area contributed by atoms with Gasteiger partial charge in [0, 0.05) is 17.0 Å². The maximum Gasteiger partial charge on any atom is 0.0613 e. The van der Waals surface area contributed by atoms with Crippen LogP contribution in [-0.2, 0) is 6.54 Å². The first-order valence-electron chi connectivity index (χ1n) is 7.80. The quantitative estimate of drug-likeness (QED) is 0.867. The summed E-state index contributed by atoms with van der Waals surface area (Å²) >= 11 is 1.80. The largest absolute Gasteiger partial charge is 0.394 e. The third-order valence-corrected chi connectivity index (χ3v) is 5.45. The average Bonchev–Trinajstić information content (AvgIpc) is 3.04. The van der Waals surface area contributed by atoms with Crippen molar-refractivity contribution in [3.8, 4) is 11.1 Å². The van der Waals surface area contributed by atoms with E-state index in [0.717, 1.165) is 19.4 Å². The number of hydrogen-bond acceptors (Lipinski definition) is 3. The molecule has 2 aromatic rings. The summed E-state index contributed by atoms with van der Waals surface area (Å²) in [5.74, 6) is 0. The van der Waals surface area contributed by atoms with Crippen molar-refractivity contribution < 1.29 is 5.11 Å². The zero-order valence-corrected chi connectivity index (χ0v) is 13.2. The number of hydrogen-bond donors (Lipinski definition) is 2. The van der Waals surface area contributed by atoms with E-state index >= 15 is 0 Å². The van der Waals surface area contributed by atoms with Crippen molar-refractivity contribution in [1.29, 1.82) is 0 Å².